The fourth-order valence-corrected chi connectivity index (χ4v) is 1.82. The first-order chi connectivity index (χ1) is 8.39. The zero-order valence-corrected chi connectivity index (χ0v) is 11.5. The van der Waals surface area contributed by atoms with E-state index >= 15 is 0 Å². The highest BCUT2D eigenvalue weighted by atomic mass is 16.4. The first-order valence-corrected chi connectivity index (χ1v) is 6.51. The van der Waals surface area contributed by atoms with Gasteiger partial charge in [0.2, 0.25) is 5.78 Å². The standard InChI is InChI=1S/C13H23NO4/c1-4-6-8-14(13(17)18,9-7-5-2)10-12(16)11(3)15/h4-10H2,1-3H3. The van der Waals surface area contributed by atoms with Gasteiger partial charge in [0.05, 0.1) is 13.1 Å². The number of quaternary nitrogens is 1. The van der Waals surface area contributed by atoms with Crippen LogP contribution in [0.15, 0.2) is 0 Å². The van der Waals surface area contributed by atoms with Crippen LogP contribution in [-0.2, 0) is 9.59 Å². The minimum absolute atomic E-state index is 0.280. The van der Waals surface area contributed by atoms with Gasteiger partial charge in [-0.2, -0.15) is 0 Å². The molecule has 0 spiro atoms. The first-order valence-electron chi connectivity index (χ1n) is 6.51. The zero-order valence-electron chi connectivity index (χ0n) is 11.5. The molecule has 0 aliphatic rings. The summed E-state index contributed by atoms with van der Waals surface area (Å²) in [7, 11) is 0. The monoisotopic (exact) mass is 257 g/mol. The van der Waals surface area contributed by atoms with Gasteiger partial charge >= 0.3 is 0 Å². The second-order valence-corrected chi connectivity index (χ2v) is 4.70. The summed E-state index contributed by atoms with van der Waals surface area (Å²) in [5, 5.41) is 11.4. The van der Waals surface area contributed by atoms with E-state index in [2.05, 4.69) is 0 Å². The number of Topliss-reactive ketones (excluding diaryl/α,β-unsaturated/α-hetero) is 2. The van der Waals surface area contributed by atoms with Crippen LogP contribution in [0.4, 0.5) is 4.79 Å². The van der Waals surface area contributed by atoms with Gasteiger partial charge in [0, 0.05) is 6.92 Å². The molecule has 0 rings (SSSR count). The molecule has 18 heavy (non-hydrogen) atoms. The van der Waals surface area contributed by atoms with Crippen molar-refractivity contribution in [3.05, 3.63) is 0 Å². The Labute approximate surface area is 108 Å². The summed E-state index contributed by atoms with van der Waals surface area (Å²) in [5.41, 5.74) is 0. The molecule has 0 aromatic heterocycles. The van der Waals surface area contributed by atoms with Crippen molar-refractivity contribution in [1.29, 1.82) is 0 Å². The van der Waals surface area contributed by atoms with Crippen LogP contribution < -0.4 is 5.11 Å². The SMILES string of the molecule is CCCC[N+](CCCC)(CC(=O)C(C)=O)C(=O)[O-]. The molecule has 5 nitrogen and oxygen atoms in total. The van der Waals surface area contributed by atoms with Gasteiger partial charge in [-0.25, -0.2) is 0 Å². The third-order valence-corrected chi connectivity index (χ3v) is 3.11. The van der Waals surface area contributed by atoms with Crippen molar-refractivity contribution in [2.24, 2.45) is 0 Å². The Hall–Kier alpha value is -1.23. The number of carboxylic acid groups (broad SMARTS) is 1. The van der Waals surface area contributed by atoms with Crippen LogP contribution in [0.25, 0.3) is 0 Å². The summed E-state index contributed by atoms with van der Waals surface area (Å²) in [6.07, 6.45) is 1.82. The normalized spacial score (nSPS) is 11.3. The zero-order chi connectivity index (χ0) is 14.2. The number of hydrogen-bond acceptors (Lipinski definition) is 4. The van der Waals surface area contributed by atoms with Crippen LogP contribution in [0.5, 0.6) is 0 Å². The number of hydrogen-bond donors (Lipinski definition) is 0. The van der Waals surface area contributed by atoms with Crippen LogP contribution in [0.1, 0.15) is 46.5 Å². The predicted molar refractivity (Wildman–Crippen MR) is 65.8 cm³/mol. The maximum Gasteiger partial charge on any atom is 0.257 e. The molecule has 104 valence electrons. The van der Waals surface area contributed by atoms with Crippen molar-refractivity contribution < 1.29 is 24.0 Å². The quantitative estimate of drug-likeness (QED) is 0.454. The van der Waals surface area contributed by atoms with Crippen LogP contribution in [-0.4, -0.2) is 41.8 Å². The molecule has 0 fully saturated rings. The third-order valence-electron chi connectivity index (χ3n) is 3.11. The van der Waals surface area contributed by atoms with Gasteiger partial charge in [0.25, 0.3) is 11.9 Å². The van der Waals surface area contributed by atoms with Gasteiger partial charge in [0.1, 0.15) is 0 Å². The summed E-state index contributed by atoms with van der Waals surface area (Å²) in [5.74, 6) is -1.22. The van der Waals surface area contributed by atoms with Gasteiger partial charge in [-0.05, 0) is 12.8 Å². The van der Waals surface area contributed by atoms with Crippen LogP contribution >= 0.6 is 0 Å². The Morgan fingerprint density at radius 1 is 1.00 bits per heavy atom. The predicted octanol–water partition coefficient (Wildman–Crippen LogP) is 0.905. The Morgan fingerprint density at radius 2 is 1.44 bits per heavy atom. The summed E-state index contributed by atoms with van der Waals surface area (Å²) in [6, 6.07) is 0. The average Bonchev–Trinajstić information content (AvgIpc) is 2.32. The lowest BCUT2D eigenvalue weighted by Crippen LogP contribution is -2.62. The topological polar surface area (TPSA) is 74.3 Å². The average molecular weight is 257 g/mol. The molecule has 5 heteroatoms. The minimum Gasteiger partial charge on any atom is -0.498 e. The lowest BCUT2D eigenvalue weighted by molar-refractivity contribution is -0.869. The third kappa shape index (κ3) is 4.96. The molecule has 0 aromatic rings. The summed E-state index contributed by atoms with van der Waals surface area (Å²) in [6.45, 7) is 5.49. The minimum atomic E-state index is -1.26. The van der Waals surface area contributed by atoms with Crippen molar-refractivity contribution in [2.45, 2.75) is 46.5 Å². The Kier molecular flexibility index (Phi) is 7.43. The van der Waals surface area contributed by atoms with E-state index < -0.39 is 22.1 Å². The van der Waals surface area contributed by atoms with Gasteiger partial charge in [-0.1, -0.05) is 26.7 Å². The van der Waals surface area contributed by atoms with Gasteiger partial charge in [-0.3, -0.25) is 14.1 Å². The molecule has 0 aliphatic heterocycles. The molecule has 0 atom stereocenters. The molecule has 0 radical (unpaired) electrons. The van der Waals surface area contributed by atoms with E-state index in [9.17, 15) is 19.5 Å². The van der Waals surface area contributed by atoms with Crippen LogP contribution in [0, 0.1) is 0 Å². The smallest absolute Gasteiger partial charge is 0.257 e. The molecule has 0 bridgehead atoms. The highest BCUT2D eigenvalue weighted by Crippen LogP contribution is 2.12. The maximum atomic E-state index is 11.5. The van der Waals surface area contributed by atoms with E-state index in [1.54, 1.807) is 0 Å². The van der Waals surface area contributed by atoms with Crippen molar-refractivity contribution in [3.63, 3.8) is 0 Å². The van der Waals surface area contributed by atoms with Crippen molar-refractivity contribution in [3.8, 4) is 0 Å². The highest BCUT2D eigenvalue weighted by molar-refractivity contribution is 6.36. The number of rotatable bonds is 9. The van der Waals surface area contributed by atoms with Crippen molar-refractivity contribution in [2.75, 3.05) is 19.6 Å². The number of nitrogens with zero attached hydrogens (tertiary/aromatic N) is 1. The number of carbonyl (C=O) groups excluding carboxylic acids is 3. The Bertz CT molecular complexity index is 304. The van der Waals surface area contributed by atoms with E-state index in [0.29, 0.717) is 25.9 Å². The fourth-order valence-electron chi connectivity index (χ4n) is 1.82. The molecule has 0 aromatic carbocycles. The lowest BCUT2D eigenvalue weighted by Gasteiger charge is -2.37. The molecule has 1 amide bonds. The molecule has 0 saturated carbocycles. The largest absolute Gasteiger partial charge is 0.498 e. The lowest BCUT2D eigenvalue weighted by atomic mass is 10.1. The van der Waals surface area contributed by atoms with Gasteiger partial charge in [0.15, 0.2) is 6.54 Å². The first kappa shape index (κ1) is 16.8. The van der Waals surface area contributed by atoms with Crippen LogP contribution in [0.2, 0.25) is 0 Å². The summed E-state index contributed by atoms with van der Waals surface area (Å²) < 4.78 is -0.417. The van der Waals surface area contributed by atoms with E-state index in [1.165, 1.54) is 6.92 Å². The van der Waals surface area contributed by atoms with Crippen LogP contribution in [0.3, 0.4) is 0 Å². The molecule has 0 aliphatic carbocycles. The van der Waals surface area contributed by atoms with E-state index in [1.807, 2.05) is 13.8 Å². The second kappa shape index (κ2) is 7.97. The molecular formula is C13H23NO4. The fraction of sp³-hybridized carbons (Fsp3) is 0.769. The van der Waals surface area contributed by atoms with Crippen molar-refractivity contribution >= 4 is 17.7 Å². The molecule has 0 unspecified atom stereocenters. The maximum absolute atomic E-state index is 11.5. The molecule has 0 N–H and O–H groups in total. The number of unbranched alkanes of at least 4 members (excludes halogenated alkanes) is 2. The molecule has 0 heterocycles. The Balaban J connectivity index is 4.98. The van der Waals surface area contributed by atoms with E-state index in [0.717, 1.165) is 12.8 Å². The van der Waals surface area contributed by atoms with Gasteiger partial charge < -0.3 is 9.90 Å². The highest BCUT2D eigenvalue weighted by Gasteiger charge is 2.33. The molecule has 0 saturated heterocycles. The number of carbonyl (C=O) groups is 3. The molecular weight excluding hydrogens is 234 g/mol. The number of ketones is 2. The van der Waals surface area contributed by atoms with E-state index in [4.69, 9.17) is 0 Å². The summed E-state index contributed by atoms with van der Waals surface area (Å²) in [4.78, 5) is 33.9. The second-order valence-electron chi connectivity index (χ2n) is 4.70. The number of amides is 1. The van der Waals surface area contributed by atoms with Gasteiger partial charge in [-0.15, -0.1) is 0 Å². The van der Waals surface area contributed by atoms with E-state index in [-0.39, 0.29) is 6.54 Å². The summed E-state index contributed by atoms with van der Waals surface area (Å²) >= 11 is 0. The Morgan fingerprint density at radius 3 is 1.72 bits per heavy atom. The van der Waals surface area contributed by atoms with Crippen molar-refractivity contribution in [1.82, 2.24) is 0 Å².